The number of amides is 1. The minimum Gasteiger partial charge on any atom is -0.495 e. The highest BCUT2D eigenvalue weighted by atomic mass is 35.5. The molecule has 0 fully saturated rings. The highest BCUT2D eigenvalue weighted by Gasteiger charge is 2.23. The van der Waals surface area contributed by atoms with Gasteiger partial charge >= 0.3 is 6.09 Å². The fourth-order valence-electron chi connectivity index (χ4n) is 4.21. The smallest absolute Gasteiger partial charge is 0.412 e. The van der Waals surface area contributed by atoms with E-state index >= 15 is 0 Å². The summed E-state index contributed by atoms with van der Waals surface area (Å²) in [6.07, 6.45) is 1.59. The van der Waals surface area contributed by atoms with E-state index in [0.29, 0.717) is 52.7 Å². The number of carbonyl (C=O) groups excluding carboxylic acids is 1. The molecule has 0 aliphatic carbocycles. The lowest BCUT2D eigenvalue weighted by molar-refractivity contribution is 0.0636. The predicted octanol–water partition coefficient (Wildman–Crippen LogP) is 6.41. The first kappa shape index (κ1) is 30.0. The summed E-state index contributed by atoms with van der Waals surface area (Å²) in [5.41, 5.74) is 1.57. The van der Waals surface area contributed by atoms with Crippen LogP contribution in [0.5, 0.6) is 11.5 Å². The third kappa shape index (κ3) is 6.66. The maximum atomic E-state index is 14.0. The van der Waals surface area contributed by atoms with Crippen molar-refractivity contribution < 1.29 is 19.0 Å². The molecule has 10 nitrogen and oxygen atoms in total. The van der Waals surface area contributed by atoms with Gasteiger partial charge in [-0.2, -0.15) is 4.98 Å². The molecule has 0 bridgehead atoms. The standard InChI is InChI=1S/C29H31Cl2N5O5/c1-29(2,3)41-28(38)34-18-9-7-16(8-10-18)11-12-36-25-17(15-33-27(32-4)35-25)13-19(26(36)37)22-23(30)20(39-5)14-21(40-6)24(22)31/h7-10,13-15H,11-12H2,1-6H3,(H,34,38)(H,32,33,35). The van der Waals surface area contributed by atoms with Gasteiger partial charge in [-0.3, -0.25) is 14.7 Å². The van der Waals surface area contributed by atoms with Gasteiger partial charge in [0.05, 0.1) is 29.8 Å². The molecule has 2 heterocycles. The largest absolute Gasteiger partial charge is 0.495 e. The number of anilines is 2. The van der Waals surface area contributed by atoms with E-state index in [4.69, 9.17) is 37.4 Å². The van der Waals surface area contributed by atoms with Gasteiger partial charge in [0.15, 0.2) is 0 Å². The number of benzene rings is 2. The molecule has 0 unspecified atom stereocenters. The van der Waals surface area contributed by atoms with E-state index in [9.17, 15) is 9.59 Å². The quantitative estimate of drug-likeness (QED) is 0.238. The summed E-state index contributed by atoms with van der Waals surface area (Å²) in [5, 5.41) is 6.61. The molecule has 2 aromatic heterocycles. The van der Waals surface area contributed by atoms with Crippen LogP contribution < -0.4 is 25.7 Å². The Morgan fingerprint density at radius 3 is 2.22 bits per heavy atom. The predicted molar refractivity (Wildman–Crippen MR) is 162 cm³/mol. The van der Waals surface area contributed by atoms with Crippen LogP contribution >= 0.6 is 23.2 Å². The van der Waals surface area contributed by atoms with Crippen molar-refractivity contribution >= 4 is 52.0 Å². The van der Waals surface area contributed by atoms with Gasteiger partial charge in [-0.05, 0) is 51.0 Å². The Morgan fingerprint density at radius 2 is 1.66 bits per heavy atom. The fraction of sp³-hybridized carbons (Fsp3) is 0.310. The Hall–Kier alpha value is -4.02. The van der Waals surface area contributed by atoms with Crippen molar-refractivity contribution in [1.82, 2.24) is 14.5 Å². The average Bonchev–Trinajstić information content (AvgIpc) is 2.92. The Balaban J connectivity index is 1.74. The minimum atomic E-state index is -0.601. The van der Waals surface area contributed by atoms with Gasteiger partial charge in [-0.15, -0.1) is 0 Å². The van der Waals surface area contributed by atoms with Crippen molar-refractivity contribution in [3.05, 3.63) is 68.6 Å². The monoisotopic (exact) mass is 599 g/mol. The second-order valence-corrected chi connectivity index (χ2v) is 10.9. The van der Waals surface area contributed by atoms with Crippen LogP contribution in [-0.2, 0) is 17.7 Å². The third-order valence-corrected chi connectivity index (χ3v) is 6.87. The van der Waals surface area contributed by atoms with Gasteiger partial charge in [-0.1, -0.05) is 35.3 Å². The van der Waals surface area contributed by atoms with Gasteiger partial charge in [-0.25, -0.2) is 9.78 Å². The topological polar surface area (TPSA) is 117 Å². The molecule has 0 aliphatic rings. The van der Waals surface area contributed by atoms with Crippen LogP contribution in [0, 0.1) is 0 Å². The Morgan fingerprint density at radius 1 is 1.02 bits per heavy atom. The molecule has 1 amide bonds. The van der Waals surface area contributed by atoms with Crippen LogP contribution in [0.3, 0.4) is 0 Å². The molecule has 41 heavy (non-hydrogen) atoms. The summed E-state index contributed by atoms with van der Waals surface area (Å²) in [4.78, 5) is 35.0. The molecule has 216 valence electrons. The summed E-state index contributed by atoms with van der Waals surface area (Å²) in [5.74, 6) is 1.00. The molecular formula is C29H31Cl2N5O5. The van der Waals surface area contributed by atoms with Crippen LogP contribution in [0.1, 0.15) is 26.3 Å². The lowest BCUT2D eigenvalue weighted by Gasteiger charge is -2.19. The van der Waals surface area contributed by atoms with E-state index in [0.717, 1.165) is 5.56 Å². The maximum Gasteiger partial charge on any atom is 0.412 e. The van der Waals surface area contributed by atoms with E-state index in [1.54, 1.807) is 62.8 Å². The molecule has 0 spiro atoms. The summed E-state index contributed by atoms with van der Waals surface area (Å²) < 4.78 is 17.7. The Bertz CT molecular complexity index is 1620. The molecular weight excluding hydrogens is 569 g/mol. The summed E-state index contributed by atoms with van der Waals surface area (Å²) >= 11 is 13.3. The fourth-order valence-corrected chi connectivity index (χ4v) is 4.91. The maximum absolute atomic E-state index is 14.0. The molecule has 0 saturated carbocycles. The van der Waals surface area contributed by atoms with Gasteiger partial charge in [0.25, 0.3) is 5.56 Å². The highest BCUT2D eigenvalue weighted by Crippen LogP contribution is 2.45. The van der Waals surface area contributed by atoms with Gasteiger partial charge < -0.3 is 19.5 Å². The zero-order chi connectivity index (χ0) is 29.9. The van der Waals surface area contributed by atoms with Crippen molar-refractivity contribution in [2.45, 2.75) is 39.3 Å². The van der Waals surface area contributed by atoms with Crippen LogP contribution in [0.2, 0.25) is 10.0 Å². The lowest BCUT2D eigenvalue weighted by Crippen LogP contribution is -2.27. The van der Waals surface area contributed by atoms with E-state index < -0.39 is 11.7 Å². The van der Waals surface area contributed by atoms with Gasteiger partial charge in [0, 0.05) is 42.5 Å². The lowest BCUT2D eigenvalue weighted by atomic mass is 10.0. The number of methoxy groups -OCH3 is 2. The highest BCUT2D eigenvalue weighted by molar-refractivity contribution is 6.41. The number of halogens is 2. The van der Waals surface area contributed by atoms with Crippen LogP contribution in [-0.4, -0.2) is 47.5 Å². The number of carbonyl (C=O) groups is 1. The SMILES string of the molecule is CNc1ncc2cc(-c3c(Cl)c(OC)cc(OC)c3Cl)c(=O)n(CCc3ccc(NC(=O)OC(C)(C)C)cc3)c2n1. The zero-order valence-electron chi connectivity index (χ0n) is 23.6. The van der Waals surface area contributed by atoms with Gasteiger partial charge in [0.2, 0.25) is 5.95 Å². The van der Waals surface area contributed by atoms with E-state index in [-0.39, 0.29) is 21.2 Å². The minimum absolute atomic E-state index is 0.183. The summed E-state index contributed by atoms with van der Waals surface area (Å²) in [6.45, 7) is 5.69. The number of nitrogens with zero attached hydrogens (tertiary/aromatic N) is 3. The molecule has 4 rings (SSSR count). The van der Waals surface area contributed by atoms with E-state index in [1.807, 2.05) is 12.1 Å². The summed E-state index contributed by atoms with van der Waals surface area (Å²) in [7, 11) is 4.64. The zero-order valence-corrected chi connectivity index (χ0v) is 25.1. The number of nitrogens with one attached hydrogen (secondary N) is 2. The number of hydrogen-bond donors (Lipinski definition) is 2. The second-order valence-electron chi connectivity index (χ2n) is 10.1. The first-order chi connectivity index (χ1) is 19.4. The Labute approximate surface area is 247 Å². The van der Waals surface area contributed by atoms with E-state index in [1.165, 1.54) is 14.2 Å². The molecule has 0 atom stereocenters. The molecule has 2 N–H and O–H groups in total. The molecule has 12 heteroatoms. The first-order valence-corrected chi connectivity index (χ1v) is 13.5. The van der Waals surface area contributed by atoms with Crippen LogP contribution in [0.15, 0.2) is 47.4 Å². The molecule has 0 aliphatic heterocycles. The summed E-state index contributed by atoms with van der Waals surface area (Å²) in [6, 6.07) is 10.5. The average molecular weight is 601 g/mol. The van der Waals surface area contributed by atoms with Crippen molar-refractivity contribution in [2.24, 2.45) is 0 Å². The number of aryl methyl sites for hydroxylation is 2. The first-order valence-electron chi connectivity index (χ1n) is 12.7. The Kier molecular flexibility index (Phi) is 8.94. The van der Waals surface area contributed by atoms with Crippen molar-refractivity contribution in [1.29, 1.82) is 0 Å². The van der Waals surface area contributed by atoms with Crippen molar-refractivity contribution in [3.63, 3.8) is 0 Å². The number of ether oxygens (including phenoxy) is 3. The number of rotatable bonds is 8. The van der Waals surface area contributed by atoms with Crippen LogP contribution in [0.4, 0.5) is 16.4 Å². The van der Waals surface area contributed by atoms with Crippen molar-refractivity contribution in [2.75, 3.05) is 31.9 Å². The normalized spacial score (nSPS) is 11.3. The number of hydrogen-bond acceptors (Lipinski definition) is 8. The third-order valence-electron chi connectivity index (χ3n) is 6.12. The molecule has 0 saturated heterocycles. The van der Waals surface area contributed by atoms with E-state index in [2.05, 4.69) is 20.6 Å². The number of pyridine rings is 1. The van der Waals surface area contributed by atoms with Gasteiger partial charge in [0.1, 0.15) is 22.7 Å². The molecule has 0 radical (unpaired) electrons. The van der Waals surface area contributed by atoms with Crippen molar-refractivity contribution in [3.8, 4) is 22.6 Å². The second kappa shape index (κ2) is 12.2. The number of fused-ring (bicyclic) bond motifs is 1. The van der Waals surface area contributed by atoms with Crippen LogP contribution in [0.25, 0.3) is 22.2 Å². The molecule has 2 aromatic carbocycles. The number of aromatic nitrogens is 3. The molecule has 4 aromatic rings.